The second-order valence-corrected chi connectivity index (χ2v) is 5.96. The number of urea groups is 1. The van der Waals surface area contributed by atoms with Crippen molar-refractivity contribution in [2.24, 2.45) is 0 Å². The van der Waals surface area contributed by atoms with E-state index >= 15 is 0 Å². The molecule has 2 amide bonds. The highest BCUT2D eigenvalue weighted by Crippen LogP contribution is 2.20. The first kappa shape index (κ1) is 15.8. The van der Waals surface area contributed by atoms with Crippen LogP contribution in [0.15, 0.2) is 10.9 Å². The van der Waals surface area contributed by atoms with Gasteiger partial charge >= 0.3 is 12.0 Å². The Morgan fingerprint density at radius 2 is 2.33 bits per heavy atom. The number of carbonyl (C=O) groups excluding carboxylic acids is 1. The van der Waals surface area contributed by atoms with Gasteiger partial charge in [-0.15, -0.1) is 11.3 Å². The van der Waals surface area contributed by atoms with Crippen LogP contribution in [0.4, 0.5) is 4.79 Å². The lowest BCUT2D eigenvalue weighted by Gasteiger charge is -2.35. The summed E-state index contributed by atoms with van der Waals surface area (Å²) in [6.45, 7) is 1.28. The second kappa shape index (κ2) is 7.97. The number of carboxylic acids is 1. The highest BCUT2D eigenvalue weighted by Gasteiger charge is 2.26. The molecule has 0 saturated carbocycles. The van der Waals surface area contributed by atoms with E-state index < -0.39 is 5.97 Å². The summed E-state index contributed by atoms with van der Waals surface area (Å²) in [5.74, 6) is -0.801. The average Bonchev–Trinajstić information content (AvgIpc) is 2.98. The number of likely N-dealkylation sites (tertiary alicyclic amines) is 1. The zero-order valence-electron chi connectivity index (χ0n) is 12.0. The number of aromatic nitrogens is 1. The van der Waals surface area contributed by atoms with E-state index in [0.717, 1.165) is 31.4 Å². The zero-order chi connectivity index (χ0) is 15.1. The van der Waals surface area contributed by atoms with Crippen molar-refractivity contribution >= 4 is 23.3 Å². The molecule has 1 aromatic heterocycles. The molecule has 2 rings (SSSR count). The van der Waals surface area contributed by atoms with Crippen LogP contribution in [0.5, 0.6) is 0 Å². The normalized spacial score (nSPS) is 18.5. The molecule has 0 spiro atoms. The Labute approximate surface area is 128 Å². The number of hydrogen-bond donors (Lipinski definition) is 2. The maximum atomic E-state index is 12.2. The van der Waals surface area contributed by atoms with E-state index in [-0.39, 0.29) is 18.5 Å². The highest BCUT2D eigenvalue weighted by molar-refractivity contribution is 7.07. The summed E-state index contributed by atoms with van der Waals surface area (Å²) in [6.07, 6.45) is 4.33. The number of nitrogens with one attached hydrogen (secondary N) is 1. The topological polar surface area (TPSA) is 82.5 Å². The first-order valence-electron chi connectivity index (χ1n) is 7.30. The van der Waals surface area contributed by atoms with Gasteiger partial charge in [0.1, 0.15) is 0 Å². The molecule has 0 bridgehead atoms. The van der Waals surface area contributed by atoms with Crippen LogP contribution in [0.3, 0.4) is 0 Å². The van der Waals surface area contributed by atoms with Gasteiger partial charge in [-0.25, -0.2) is 9.78 Å². The average molecular weight is 311 g/mol. The number of amides is 2. The van der Waals surface area contributed by atoms with E-state index in [9.17, 15) is 9.59 Å². The predicted molar refractivity (Wildman–Crippen MR) is 80.4 cm³/mol. The largest absolute Gasteiger partial charge is 0.481 e. The molecule has 21 heavy (non-hydrogen) atoms. The van der Waals surface area contributed by atoms with Crippen LogP contribution in [0.1, 0.15) is 37.8 Å². The van der Waals surface area contributed by atoms with Gasteiger partial charge in [-0.2, -0.15) is 0 Å². The number of rotatable bonds is 6. The number of carboxylic acid groups (broad SMARTS) is 1. The van der Waals surface area contributed by atoms with Gasteiger partial charge in [-0.05, 0) is 25.7 Å². The van der Waals surface area contributed by atoms with Gasteiger partial charge in [-0.1, -0.05) is 0 Å². The van der Waals surface area contributed by atoms with Crippen LogP contribution in [0.25, 0.3) is 0 Å². The Morgan fingerprint density at radius 1 is 1.48 bits per heavy atom. The molecule has 0 aromatic carbocycles. The van der Waals surface area contributed by atoms with Crippen LogP contribution >= 0.6 is 11.3 Å². The summed E-state index contributed by atoms with van der Waals surface area (Å²) in [5, 5.41) is 13.7. The van der Waals surface area contributed by atoms with Gasteiger partial charge in [0.25, 0.3) is 0 Å². The zero-order valence-corrected chi connectivity index (χ0v) is 12.8. The van der Waals surface area contributed by atoms with Crippen molar-refractivity contribution in [1.82, 2.24) is 15.2 Å². The van der Waals surface area contributed by atoms with E-state index in [1.54, 1.807) is 21.7 Å². The summed E-state index contributed by atoms with van der Waals surface area (Å²) in [7, 11) is 0. The molecule has 0 radical (unpaired) electrons. The van der Waals surface area contributed by atoms with E-state index in [1.807, 2.05) is 5.38 Å². The van der Waals surface area contributed by atoms with Crippen LogP contribution in [-0.2, 0) is 11.2 Å². The van der Waals surface area contributed by atoms with E-state index in [0.29, 0.717) is 19.5 Å². The first-order valence-corrected chi connectivity index (χ1v) is 8.24. The van der Waals surface area contributed by atoms with E-state index in [4.69, 9.17) is 5.11 Å². The van der Waals surface area contributed by atoms with Crippen molar-refractivity contribution in [3.8, 4) is 0 Å². The number of aliphatic carboxylic acids is 1. The summed E-state index contributed by atoms with van der Waals surface area (Å²) < 4.78 is 0. The van der Waals surface area contributed by atoms with Gasteiger partial charge in [0.15, 0.2) is 0 Å². The minimum Gasteiger partial charge on any atom is -0.481 e. The lowest BCUT2D eigenvalue weighted by atomic mass is 9.98. The molecule has 2 N–H and O–H groups in total. The second-order valence-electron chi connectivity index (χ2n) is 5.24. The molecule has 0 aliphatic carbocycles. The Hall–Kier alpha value is -1.63. The SMILES string of the molecule is O=C(O)CCC1CCCCN1C(=O)NCCc1cscn1. The molecule has 7 heteroatoms. The maximum Gasteiger partial charge on any atom is 0.317 e. The van der Waals surface area contributed by atoms with Crippen LogP contribution in [0, 0.1) is 0 Å². The summed E-state index contributed by atoms with van der Waals surface area (Å²) in [6, 6.07) is -0.0329. The molecule has 1 saturated heterocycles. The number of thiazole rings is 1. The Morgan fingerprint density at radius 3 is 3.05 bits per heavy atom. The third-order valence-electron chi connectivity index (χ3n) is 3.72. The van der Waals surface area contributed by atoms with E-state index in [2.05, 4.69) is 10.3 Å². The molecular formula is C14H21N3O3S. The van der Waals surface area contributed by atoms with Crippen LogP contribution < -0.4 is 5.32 Å². The Kier molecular flexibility index (Phi) is 5.98. The van der Waals surface area contributed by atoms with Gasteiger partial charge in [0, 0.05) is 37.4 Å². The fourth-order valence-electron chi connectivity index (χ4n) is 2.62. The Bertz CT molecular complexity index is 464. The molecule has 1 aromatic rings. The molecule has 1 unspecified atom stereocenters. The molecule has 1 aliphatic rings. The van der Waals surface area contributed by atoms with Gasteiger partial charge in [0.2, 0.25) is 0 Å². The lowest BCUT2D eigenvalue weighted by Crippen LogP contribution is -2.49. The van der Waals surface area contributed by atoms with Crippen molar-refractivity contribution in [2.45, 2.75) is 44.6 Å². The first-order chi connectivity index (χ1) is 10.2. The molecule has 1 aliphatic heterocycles. The molecule has 1 fully saturated rings. The predicted octanol–water partition coefficient (Wildman–Crippen LogP) is 2.11. The van der Waals surface area contributed by atoms with Crippen molar-refractivity contribution in [2.75, 3.05) is 13.1 Å². The highest BCUT2D eigenvalue weighted by atomic mass is 32.1. The third kappa shape index (κ3) is 5.00. The smallest absolute Gasteiger partial charge is 0.317 e. The third-order valence-corrected chi connectivity index (χ3v) is 4.36. The van der Waals surface area contributed by atoms with Crippen LogP contribution in [0.2, 0.25) is 0 Å². The molecule has 116 valence electrons. The molecule has 1 atom stereocenters. The van der Waals surface area contributed by atoms with Gasteiger partial charge in [-0.3, -0.25) is 4.79 Å². The van der Waals surface area contributed by atoms with E-state index in [1.165, 1.54) is 0 Å². The Balaban J connectivity index is 1.78. The molecule has 2 heterocycles. The van der Waals surface area contributed by atoms with Crippen molar-refractivity contribution in [1.29, 1.82) is 0 Å². The van der Waals surface area contributed by atoms with Crippen molar-refractivity contribution in [3.05, 3.63) is 16.6 Å². The quantitative estimate of drug-likeness (QED) is 0.843. The fourth-order valence-corrected chi connectivity index (χ4v) is 3.21. The summed E-state index contributed by atoms with van der Waals surface area (Å²) >= 11 is 1.55. The van der Waals surface area contributed by atoms with Crippen molar-refractivity contribution in [3.63, 3.8) is 0 Å². The molecule has 6 nitrogen and oxygen atoms in total. The van der Waals surface area contributed by atoms with Gasteiger partial charge < -0.3 is 15.3 Å². The fraction of sp³-hybridized carbons (Fsp3) is 0.643. The van der Waals surface area contributed by atoms with Gasteiger partial charge in [0.05, 0.1) is 11.2 Å². The number of nitrogens with zero attached hydrogens (tertiary/aromatic N) is 2. The number of carbonyl (C=O) groups is 2. The minimum atomic E-state index is -0.801. The van der Waals surface area contributed by atoms with Crippen LogP contribution in [-0.4, -0.2) is 46.1 Å². The van der Waals surface area contributed by atoms with Crippen molar-refractivity contribution < 1.29 is 14.7 Å². The summed E-state index contributed by atoms with van der Waals surface area (Å²) in [5.41, 5.74) is 2.77. The minimum absolute atomic E-state index is 0.0501. The maximum absolute atomic E-state index is 12.2. The molecular weight excluding hydrogens is 290 g/mol. The number of hydrogen-bond acceptors (Lipinski definition) is 4. The lowest BCUT2D eigenvalue weighted by molar-refractivity contribution is -0.137. The standard InChI is InChI=1S/C14H21N3O3S/c18-13(19)5-4-12-3-1-2-8-17(12)14(20)15-7-6-11-9-21-10-16-11/h9-10,12H,1-8H2,(H,15,20)(H,18,19). The monoisotopic (exact) mass is 311 g/mol. The number of piperidine rings is 1. The summed E-state index contributed by atoms with van der Waals surface area (Å²) in [4.78, 5) is 28.9.